The summed E-state index contributed by atoms with van der Waals surface area (Å²) in [6.07, 6.45) is -2.61. The maximum atomic E-state index is 13.9. The van der Waals surface area contributed by atoms with Crippen LogP contribution in [0.5, 0.6) is 0 Å². The van der Waals surface area contributed by atoms with Crippen LogP contribution in [0.4, 0.5) is 17.6 Å². The minimum atomic E-state index is -4.64. The summed E-state index contributed by atoms with van der Waals surface area (Å²) in [5, 5.41) is 3.80. The van der Waals surface area contributed by atoms with Gasteiger partial charge < -0.3 is 4.90 Å². The second-order valence-corrected chi connectivity index (χ2v) is 9.58. The molecular formula is C23H20ClF4N3OS. The van der Waals surface area contributed by atoms with Gasteiger partial charge in [-0.15, -0.1) is 11.3 Å². The van der Waals surface area contributed by atoms with Crippen LogP contribution in [0.15, 0.2) is 48.9 Å². The first-order valence-corrected chi connectivity index (χ1v) is 11.4. The summed E-state index contributed by atoms with van der Waals surface area (Å²) in [7, 11) is 0. The molecule has 1 aliphatic heterocycles. The molecule has 3 aromatic rings. The molecule has 3 heterocycles. The quantitative estimate of drug-likeness (QED) is 0.292. The molecule has 10 heteroatoms. The first-order valence-electron chi connectivity index (χ1n) is 10.3. The Labute approximate surface area is 197 Å². The van der Waals surface area contributed by atoms with Crippen LogP contribution in [0.2, 0.25) is 4.34 Å². The zero-order valence-corrected chi connectivity index (χ0v) is 19.2. The predicted octanol–water partition coefficient (Wildman–Crippen LogP) is 6.65. The van der Waals surface area contributed by atoms with Crippen molar-refractivity contribution >= 4 is 28.8 Å². The van der Waals surface area contributed by atoms with Crippen LogP contribution >= 0.6 is 22.9 Å². The fourth-order valence-electron chi connectivity index (χ4n) is 4.19. The summed E-state index contributed by atoms with van der Waals surface area (Å²) in [5.41, 5.74) is 0.761. The monoisotopic (exact) mass is 497 g/mol. The fraction of sp³-hybridized carbons (Fsp3) is 0.304. The smallest absolute Gasteiger partial charge is 0.331 e. The number of carbonyl (C=O) groups excluding carboxylic acids is 1. The predicted molar refractivity (Wildman–Crippen MR) is 120 cm³/mol. The number of aryl methyl sites for hydroxylation is 1. The van der Waals surface area contributed by atoms with Gasteiger partial charge in [-0.3, -0.25) is 9.48 Å². The lowest BCUT2D eigenvalue weighted by Crippen LogP contribution is -2.38. The van der Waals surface area contributed by atoms with Crippen LogP contribution in [-0.4, -0.2) is 27.1 Å². The number of carbonyl (C=O) groups is 1. The zero-order chi connectivity index (χ0) is 23.9. The van der Waals surface area contributed by atoms with Crippen molar-refractivity contribution in [3.63, 3.8) is 0 Å². The molecule has 1 unspecified atom stereocenters. The van der Waals surface area contributed by atoms with E-state index in [9.17, 15) is 22.4 Å². The summed E-state index contributed by atoms with van der Waals surface area (Å²) in [5.74, 6) is -2.43. The van der Waals surface area contributed by atoms with Crippen molar-refractivity contribution in [3.05, 3.63) is 75.0 Å². The number of thiophene rings is 1. The first kappa shape index (κ1) is 23.5. The van der Waals surface area contributed by atoms with Gasteiger partial charge in [0.25, 0.3) is 5.91 Å². The Morgan fingerprint density at radius 3 is 2.67 bits per heavy atom. The van der Waals surface area contributed by atoms with E-state index in [1.54, 1.807) is 30.3 Å². The van der Waals surface area contributed by atoms with Crippen LogP contribution in [0.25, 0.3) is 11.1 Å². The van der Waals surface area contributed by atoms with Crippen molar-refractivity contribution in [2.45, 2.75) is 38.5 Å². The van der Waals surface area contributed by atoms with Crippen LogP contribution in [0.3, 0.4) is 0 Å². The van der Waals surface area contributed by atoms with E-state index in [2.05, 4.69) is 11.7 Å². The Morgan fingerprint density at radius 2 is 2.00 bits per heavy atom. The molecular weight excluding hydrogens is 478 g/mol. The molecule has 0 saturated carbocycles. The van der Waals surface area contributed by atoms with Crippen LogP contribution < -0.4 is 0 Å². The van der Waals surface area contributed by atoms with Gasteiger partial charge in [0, 0.05) is 35.6 Å². The van der Waals surface area contributed by atoms with Gasteiger partial charge in [-0.2, -0.15) is 18.3 Å². The number of halogens is 5. The minimum absolute atomic E-state index is 0.0345. The molecule has 4 nitrogen and oxygen atoms in total. The first-order chi connectivity index (χ1) is 15.6. The van der Waals surface area contributed by atoms with Gasteiger partial charge in [0.2, 0.25) is 0 Å². The van der Waals surface area contributed by atoms with Crippen LogP contribution in [0, 0.1) is 0 Å². The number of aromatic nitrogens is 2. The van der Waals surface area contributed by atoms with E-state index in [1.807, 2.05) is 6.92 Å². The summed E-state index contributed by atoms with van der Waals surface area (Å²) in [4.78, 5) is 14.4. The maximum Gasteiger partial charge on any atom is 0.435 e. The van der Waals surface area contributed by atoms with Crippen LogP contribution in [-0.2, 0) is 24.1 Å². The highest BCUT2D eigenvalue weighted by atomic mass is 35.5. The highest BCUT2D eigenvalue weighted by Crippen LogP contribution is 2.45. The Bertz CT molecular complexity index is 1220. The van der Waals surface area contributed by atoms with E-state index < -0.39 is 29.5 Å². The van der Waals surface area contributed by atoms with Gasteiger partial charge in [0.15, 0.2) is 11.5 Å². The van der Waals surface area contributed by atoms with Crippen molar-refractivity contribution in [2.75, 3.05) is 6.54 Å². The summed E-state index contributed by atoms with van der Waals surface area (Å²) in [6.45, 7) is 5.55. The van der Waals surface area contributed by atoms with Crippen molar-refractivity contribution in [1.29, 1.82) is 0 Å². The molecule has 33 heavy (non-hydrogen) atoms. The third kappa shape index (κ3) is 4.56. The normalized spacial score (nSPS) is 16.1. The molecule has 1 atom stereocenters. The Kier molecular flexibility index (Phi) is 6.37. The maximum absolute atomic E-state index is 13.9. The highest BCUT2D eigenvalue weighted by molar-refractivity contribution is 7.16. The van der Waals surface area contributed by atoms with Crippen LogP contribution in [0.1, 0.15) is 41.0 Å². The molecule has 0 N–H and O–H groups in total. The molecule has 1 aliphatic rings. The largest absolute Gasteiger partial charge is 0.435 e. The number of hydrogen-bond acceptors (Lipinski definition) is 3. The van der Waals surface area contributed by atoms with Crippen molar-refractivity contribution in [1.82, 2.24) is 14.7 Å². The van der Waals surface area contributed by atoms with E-state index in [0.717, 1.165) is 10.4 Å². The summed E-state index contributed by atoms with van der Waals surface area (Å²) >= 11 is 7.50. The summed E-state index contributed by atoms with van der Waals surface area (Å²) in [6, 6.07) is 8.49. The molecule has 1 aromatic carbocycles. The fourth-order valence-corrected chi connectivity index (χ4v) is 5.55. The lowest BCUT2D eigenvalue weighted by atomic mass is 9.84. The third-order valence-electron chi connectivity index (χ3n) is 5.55. The number of amides is 1. The topological polar surface area (TPSA) is 38.1 Å². The van der Waals surface area contributed by atoms with E-state index >= 15 is 0 Å². The molecule has 0 bridgehead atoms. The number of hydrogen-bond donors (Lipinski definition) is 0. The Morgan fingerprint density at radius 1 is 1.27 bits per heavy atom. The second kappa shape index (κ2) is 8.95. The van der Waals surface area contributed by atoms with Gasteiger partial charge in [-0.05, 0) is 29.2 Å². The van der Waals surface area contributed by atoms with Gasteiger partial charge in [0.05, 0.1) is 10.9 Å². The van der Waals surface area contributed by atoms with Gasteiger partial charge >= 0.3 is 6.18 Å². The zero-order valence-electron chi connectivity index (χ0n) is 17.6. The molecule has 0 fully saturated rings. The van der Waals surface area contributed by atoms with Crippen molar-refractivity contribution < 1.29 is 22.4 Å². The molecule has 1 amide bonds. The average molecular weight is 498 g/mol. The number of benzene rings is 1. The molecule has 0 aliphatic carbocycles. The second-order valence-electron chi connectivity index (χ2n) is 7.81. The van der Waals surface area contributed by atoms with Gasteiger partial charge in [0.1, 0.15) is 0 Å². The van der Waals surface area contributed by atoms with E-state index in [1.165, 1.54) is 27.1 Å². The van der Waals surface area contributed by atoms with Gasteiger partial charge in [-0.25, -0.2) is 4.39 Å². The number of nitrogens with zero attached hydrogens (tertiary/aromatic N) is 3. The van der Waals surface area contributed by atoms with Gasteiger partial charge in [-0.1, -0.05) is 49.4 Å². The lowest BCUT2D eigenvalue weighted by molar-refractivity contribution is -0.141. The number of alkyl halides is 3. The lowest BCUT2D eigenvalue weighted by Gasteiger charge is -2.33. The molecule has 174 valence electrons. The molecule has 0 saturated heterocycles. The van der Waals surface area contributed by atoms with E-state index in [4.69, 9.17) is 11.6 Å². The average Bonchev–Trinajstić information content (AvgIpc) is 3.35. The van der Waals surface area contributed by atoms with E-state index in [-0.39, 0.29) is 18.7 Å². The third-order valence-corrected chi connectivity index (χ3v) is 6.82. The SMILES string of the molecule is C=C(F)C(=O)N1Cc2sc(Cl)cc2C(c2ccccc2-c2cn(CCC)nc2C(F)(F)F)C1. The van der Waals surface area contributed by atoms with E-state index in [0.29, 0.717) is 28.4 Å². The standard InChI is InChI=1S/C23H20ClF4N3OS/c1-3-8-31-11-18(21(29-31)23(26,27)28)15-7-5-4-6-14(15)17-10-30(22(32)13(2)25)12-19-16(17)9-20(24)33-19/h4-7,9,11,17H,2-3,8,10,12H2,1H3. The molecule has 2 aromatic heterocycles. The summed E-state index contributed by atoms with van der Waals surface area (Å²) < 4.78 is 57.0. The minimum Gasteiger partial charge on any atom is -0.331 e. The molecule has 0 radical (unpaired) electrons. The molecule has 4 rings (SSSR count). The number of rotatable bonds is 5. The Hall–Kier alpha value is -2.65. The van der Waals surface area contributed by atoms with Crippen molar-refractivity contribution in [2.24, 2.45) is 0 Å². The number of fused-ring (bicyclic) bond motifs is 1. The van der Waals surface area contributed by atoms with Crippen molar-refractivity contribution in [3.8, 4) is 11.1 Å². The molecule has 0 spiro atoms. The Balaban J connectivity index is 1.87. The highest BCUT2D eigenvalue weighted by Gasteiger charge is 2.39.